The molecule has 0 radical (unpaired) electrons. The highest BCUT2D eigenvalue weighted by molar-refractivity contribution is 6.07. The van der Waals surface area contributed by atoms with Crippen LogP contribution < -0.4 is 0 Å². The van der Waals surface area contributed by atoms with Crippen molar-refractivity contribution in [2.75, 3.05) is 13.2 Å². The predicted molar refractivity (Wildman–Crippen MR) is 74.7 cm³/mol. The van der Waals surface area contributed by atoms with Crippen molar-refractivity contribution in [2.24, 2.45) is 5.92 Å². The molecule has 6 heteroatoms. The van der Waals surface area contributed by atoms with Gasteiger partial charge in [0.1, 0.15) is 12.5 Å². The highest BCUT2D eigenvalue weighted by Gasteiger charge is 2.48. The number of Topliss-reactive ketones (excluding diaryl/α,β-unsaturated/α-hetero) is 1. The van der Waals surface area contributed by atoms with E-state index in [4.69, 9.17) is 9.47 Å². The molecule has 6 nitrogen and oxygen atoms in total. The third-order valence-corrected chi connectivity index (χ3v) is 3.90. The number of ketones is 1. The molecule has 0 aromatic carbocycles. The lowest BCUT2D eigenvalue weighted by Gasteiger charge is -2.28. The number of cyclic esters (lactones) is 1. The summed E-state index contributed by atoms with van der Waals surface area (Å²) in [5, 5.41) is 0. The van der Waals surface area contributed by atoms with E-state index in [1.165, 1.54) is 0 Å². The molecule has 2 atom stereocenters. The van der Waals surface area contributed by atoms with Crippen molar-refractivity contribution >= 4 is 17.7 Å². The largest absolute Gasteiger partial charge is 0.465 e. The first-order valence-electron chi connectivity index (χ1n) is 7.12. The highest BCUT2D eigenvalue weighted by atomic mass is 16.5. The Morgan fingerprint density at radius 1 is 1.41 bits per heavy atom. The maximum absolute atomic E-state index is 12.4. The Kier molecular flexibility index (Phi) is 3.75. The number of hydrogen-bond donors (Lipinski definition) is 0. The van der Waals surface area contributed by atoms with Crippen molar-refractivity contribution in [2.45, 2.75) is 19.3 Å². The average Bonchev–Trinajstić information content (AvgIpc) is 2.88. The summed E-state index contributed by atoms with van der Waals surface area (Å²) in [7, 11) is 0. The van der Waals surface area contributed by atoms with Crippen LogP contribution in [0.1, 0.15) is 25.0 Å². The van der Waals surface area contributed by atoms with Crippen molar-refractivity contribution in [1.82, 2.24) is 4.98 Å². The smallest absolute Gasteiger partial charge is 0.335 e. The Morgan fingerprint density at radius 3 is 2.91 bits per heavy atom. The summed E-state index contributed by atoms with van der Waals surface area (Å²) in [5.41, 5.74) is 1.53. The maximum Gasteiger partial charge on any atom is 0.335 e. The lowest BCUT2D eigenvalue weighted by atomic mass is 9.73. The highest BCUT2D eigenvalue weighted by Crippen LogP contribution is 2.43. The molecule has 2 unspecified atom stereocenters. The molecule has 1 aliphatic heterocycles. The minimum absolute atomic E-state index is 0.0495. The molecule has 0 fully saturated rings. The predicted octanol–water partition coefficient (Wildman–Crippen LogP) is 1.17. The van der Waals surface area contributed by atoms with E-state index in [0.29, 0.717) is 16.8 Å². The van der Waals surface area contributed by atoms with Gasteiger partial charge in [0.2, 0.25) is 0 Å². The third kappa shape index (κ3) is 2.30. The zero-order chi connectivity index (χ0) is 15.7. The summed E-state index contributed by atoms with van der Waals surface area (Å²) in [6.07, 6.45) is 1.62. The average molecular weight is 301 g/mol. The first-order chi connectivity index (χ1) is 10.6. The Balaban J connectivity index is 2.10. The Morgan fingerprint density at radius 2 is 2.23 bits per heavy atom. The van der Waals surface area contributed by atoms with Crippen molar-refractivity contribution in [1.29, 1.82) is 0 Å². The van der Waals surface area contributed by atoms with E-state index >= 15 is 0 Å². The van der Waals surface area contributed by atoms with Gasteiger partial charge in [0, 0.05) is 18.3 Å². The lowest BCUT2D eigenvalue weighted by molar-refractivity contribution is -0.152. The second kappa shape index (κ2) is 5.71. The second-order valence-electron chi connectivity index (χ2n) is 5.20. The quantitative estimate of drug-likeness (QED) is 0.615. The number of aromatic nitrogens is 1. The van der Waals surface area contributed by atoms with Gasteiger partial charge in [-0.1, -0.05) is 6.07 Å². The SMILES string of the molecule is CCOC(=O)C1C(=O)CC2=C(C(=O)OC2)C1c1ccccn1. The summed E-state index contributed by atoms with van der Waals surface area (Å²) in [4.78, 5) is 40.9. The summed E-state index contributed by atoms with van der Waals surface area (Å²) in [6, 6.07) is 5.19. The van der Waals surface area contributed by atoms with E-state index in [1.54, 1.807) is 31.3 Å². The Labute approximate surface area is 127 Å². The van der Waals surface area contributed by atoms with E-state index in [1.807, 2.05) is 0 Å². The van der Waals surface area contributed by atoms with Gasteiger partial charge in [-0.25, -0.2) is 4.79 Å². The van der Waals surface area contributed by atoms with Crippen LogP contribution in [0, 0.1) is 5.92 Å². The minimum Gasteiger partial charge on any atom is -0.465 e. The number of carbonyl (C=O) groups excluding carboxylic acids is 3. The first kappa shape index (κ1) is 14.4. The molecule has 22 heavy (non-hydrogen) atoms. The topological polar surface area (TPSA) is 82.6 Å². The van der Waals surface area contributed by atoms with Crippen LogP contribution in [0.4, 0.5) is 0 Å². The zero-order valence-corrected chi connectivity index (χ0v) is 12.1. The van der Waals surface area contributed by atoms with Crippen LogP contribution in [0.5, 0.6) is 0 Å². The van der Waals surface area contributed by atoms with Gasteiger partial charge in [0.05, 0.1) is 18.1 Å². The lowest BCUT2D eigenvalue weighted by Crippen LogP contribution is -2.37. The molecular weight excluding hydrogens is 286 g/mol. The van der Waals surface area contributed by atoms with E-state index in [-0.39, 0.29) is 25.4 Å². The van der Waals surface area contributed by atoms with Gasteiger partial charge < -0.3 is 9.47 Å². The number of rotatable bonds is 3. The van der Waals surface area contributed by atoms with E-state index < -0.39 is 23.8 Å². The Bertz CT molecular complexity index is 664. The van der Waals surface area contributed by atoms with Crippen LogP contribution in [0.15, 0.2) is 35.5 Å². The summed E-state index contributed by atoms with van der Waals surface area (Å²) < 4.78 is 10.1. The Hall–Kier alpha value is -2.50. The monoisotopic (exact) mass is 301 g/mol. The van der Waals surface area contributed by atoms with Gasteiger partial charge in [0.25, 0.3) is 0 Å². The summed E-state index contributed by atoms with van der Waals surface area (Å²) in [6.45, 7) is 1.96. The fourth-order valence-electron chi connectivity index (χ4n) is 3.00. The molecule has 3 rings (SSSR count). The van der Waals surface area contributed by atoms with Gasteiger partial charge in [-0.05, 0) is 24.6 Å². The fourth-order valence-corrected chi connectivity index (χ4v) is 3.00. The molecule has 0 amide bonds. The second-order valence-corrected chi connectivity index (χ2v) is 5.20. The van der Waals surface area contributed by atoms with Gasteiger partial charge in [-0.3, -0.25) is 14.6 Å². The van der Waals surface area contributed by atoms with Gasteiger partial charge in [-0.15, -0.1) is 0 Å². The molecule has 2 heterocycles. The minimum atomic E-state index is -1.04. The van der Waals surface area contributed by atoms with Crippen LogP contribution in [0.3, 0.4) is 0 Å². The number of esters is 2. The number of nitrogens with zero attached hydrogens (tertiary/aromatic N) is 1. The van der Waals surface area contributed by atoms with Crippen LogP contribution in [-0.4, -0.2) is 35.9 Å². The van der Waals surface area contributed by atoms with E-state index in [0.717, 1.165) is 0 Å². The van der Waals surface area contributed by atoms with Crippen molar-refractivity contribution < 1.29 is 23.9 Å². The van der Waals surface area contributed by atoms with Gasteiger partial charge >= 0.3 is 11.9 Å². The molecule has 1 aromatic rings. The molecule has 2 aliphatic rings. The summed E-state index contributed by atoms with van der Waals surface area (Å²) >= 11 is 0. The molecular formula is C16H15NO5. The molecule has 0 N–H and O–H groups in total. The number of hydrogen-bond acceptors (Lipinski definition) is 6. The number of pyridine rings is 1. The maximum atomic E-state index is 12.4. The number of ether oxygens (including phenoxy) is 2. The van der Waals surface area contributed by atoms with Crippen LogP contribution in [0.25, 0.3) is 0 Å². The van der Waals surface area contributed by atoms with Crippen LogP contribution in [0.2, 0.25) is 0 Å². The standard InChI is InChI=1S/C16H15NO5/c1-2-21-16(20)14-11(18)7-9-8-22-15(19)12(9)13(14)10-5-3-4-6-17-10/h3-6,13-14H,2,7-8H2,1H3. The molecule has 0 bridgehead atoms. The molecule has 114 valence electrons. The van der Waals surface area contributed by atoms with Gasteiger partial charge in [-0.2, -0.15) is 0 Å². The number of carbonyl (C=O) groups is 3. The molecule has 1 aliphatic carbocycles. The van der Waals surface area contributed by atoms with Crippen molar-refractivity contribution in [3.63, 3.8) is 0 Å². The van der Waals surface area contributed by atoms with Crippen molar-refractivity contribution in [3.05, 3.63) is 41.2 Å². The summed E-state index contributed by atoms with van der Waals surface area (Å²) in [5.74, 6) is -3.13. The molecule has 0 spiro atoms. The first-order valence-corrected chi connectivity index (χ1v) is 7.12. The molecule has 0 saturated carbocycles. The fraction of sp³-hybridized carbons (Fsp3) is 0.375. The van der Waals surface area contributed by atoms with E-state index in [9.17, 15) is 14.4 Å². The van der Waals surface area contributed by atoms with Gasteiger partial charge in [0.15, 0.2) is 5.78 Å². The third-order valence-electron chi connectivity index (χ3n) is 3.90. The van der Waals surface area contributed by atoms with E-state index in [2.05, 4.69) is 4.98 Å². The van der Waals surface area contributed by atoms with Crippen LogP contribution in [-0.2, 0) is 23.9 Å². The molecule has 1 aromatic heterocycles. The normalized spacial score (nSPS) is 24.0. The zero-order valence-electron chi connectivity index (χ0n) is 12.1. The van der Waals surface area contributed by atoms with Crippen LogP contribution >= 0.6 is 0 Å². The van der Waals surface area contributed by atoms with Crippen molar-refractivity contribution in [3.8, 4) is 0 Å². The molecule has 0 saturated heterocycles.